The maximum Gasteiger partial charge on any atom is 0.272 e. The van der Waals surface area contributed by atoms with Crippen LogP contribution in [-0.4, -0.2) is 27.8 Å². The van der Waals surface area contributed by atoms with Gasteiger partial charge in [0.1, 0.15) is 5.60 Å². The minimum absolute atomic E-state index is 0.171. The molecule has 2 aromatic heterocycles. The summed E-state index contributed by atoms with van der Waals surface area (Å²) in [6.07, 6.45) is 2.92. The molecule has 1 atom stereocenters. The van der Waals surface area contributed by atoms with Crippen LogP contribution in [0.5, 0.6) is 0 Å². The molecule has 0 aliphatic heterocycles. The first kappa shape index (κ1) is 13.3. The van der Waals surface area contributed by atoms with Crippen LogP contribution in [-0.2, 0) is 18.4 Å². The third-order valence-electron chi connectivity index (χ3n) is 3.76. The number of nitrogens with one attached hydrogen (secondary N) is 2. The molecule has 2 heterocycles. The molecule has 3 N–H and O–H groups in total. The minimum atomic E-state index is -1.06. The average Bonchev–Trinajstić information content (AvgIpc) is 3.11. The maximum absolute atomic E-state index is 12.2. The van der Waals surface area contributed by atoms with Crippen LogP contribution in [0.25, 0.3) is 0 Å². The number of hydrogen-bond acceptors (Lipinski definition) is 4. The maximum atomic E-state index is 12.2. The highest BCUT2D eigenvalue weighted by atomic mass is 32.1. The number of aliphatic hydroxyl groups is 1. The first-order valence-electron chi connectivity index (χ1n) is 6.67. The lowest BCUT2D eigenvalue weighted by atomic mass is 9.99. The number of aryl methyl sites for hydroxylation is 1. The Morgan fingerprint density at radius 1 is 1.60 bits per heavy atom. The summed E-state index contributed by atoms with van der Waals surface area (Å²) in [5, 5.41) is 24.0. The van der Waals surface area contributed by atoms with Crippen molar-refractivity contribution in [2.24, 2.45) is 0 Å². The largest absolute Gasteiger partial charge is 0.384 e. The quantitative estimate of drug-likeness (QED) is 0.800. The van der Waals surface area contributed by atoms with Crippen molar-refractivity contribution in [3.63, 3.8) is 0 Å². The second-order valence-corrected chi connectivity index (χ2v) is 6.13. The number of carbonyl (C=O) groups excluding carboxylic acids is 1. The van der Waals surface area contributed by atoms with Gasteiger partial charge in [-0.25, -0.2) is 0 Å². The molecule has 1 amide bonds. The van der Waals surface area contributed by atoms with Crippen LogP contribution in [0.3, 0.4) is 0 Å². The van der Waals surface area contributed by atoms with Crippen molar-refractivity contribution in [3.8, 4) is 0 Å². The molecule has 106 valence electrons. The van der Waals surface area contributed by atoms with Crippen molar-refractivity contribution in [2.75, 3.05) is 6.54 Å². The number of H-pyrrole nitrogens is 1. The van der Waals surface area contributed by atoms with Crippen molar-refractivity contribution in [2.45, 2.75) is 31.8 Å². The Hall–Kier alpha value is -1.66. The minimum Gasteiger partial charge on any atom is -0.384 e. The van der Waals surface area contributed by atoms with Crippen molar-refractivity contribution >= 4 is 17.2 Å². The number of thiophene rings is 1. The number of fused-ring (bicyclic) bond motifs is 1. The molecule has 20 heavy (non-hydrogen) atoms. The van der Waals surface area contributed by atoms with E-state index in [0.29, 0.717) is 5.69 Å². The number of nitrogens with zero attached hydrogens (tertiary/aromatic N) is 1. The summed E-state index contributed by atoms with van der Waals surface area (Å²) in [6, 6.07) is 1.86. The first-order chi connectivity index (χ1) is 9.58. The normalized spacial score (nSPS) is 16.7. The topological polar surface area (TPSA) is 78.0 Å². The monoisotopic (exact) mass is 291 g/mol. The lowest BCUT2D eigenvalue weighted by molar-refractivity contribution is 0.0528. The summed E-state index contributed by atoms with van der Waals surface area (Å²) in [4.78, 5) is 12.2. The van der Waals surface area contributed by atoms with Gasteiger partial charge in [0.2, 0.25) is 0 Å². The van der Waals surface area contributed by atoms with Crippen LogP contribution < -0.4 is 5.32 Å². The zero-order valence-electron chi connectivity index (χ0n) is 11.3. The standard InChI is InChI=1S/C14H17N3O2S/c1-14(19,9-5-6-20-7-9)8-15-13(18)12-10-3-2-4-11(10)16-17-12/h5-7,19H,2-4,8H2,1H3,(H,15,18)(H,16,17). The Morgan fingerprint density at radius 3 is 3.20 bits per heavy atom. The van der Waals surface area contributed by atoms with E-state index in [9.17, 15) is 9.90 Å². The van der Waals surface area contributed by atoms with Crippen LogP contribution in [0, 0.1) is 0 Å². The lowest BCUT2D eigenvalue weighted by Gasteiger charge is -2.22. The van der Waals surface area contributed by atoms with Crippen molar-refractivity contribution in [1.82, 2.24) is 15.5 Å². The predicted molar refractivity (Wildman–Crippen MR) is 76.8 cm³/mol. The fraction of sp³-hybridized carbons (Fsp3) is 0.429. The van der Waals surface area contributed by atoms with Crippen molar-refractivity contribution in [1.29, 1.82) is 0 Å². The number of aromatic nitrogens is 2. The molecule has 3 rings (SSSR count). The van der Waals surface area contributed by atoms with E-state index in [4.69, 9.17) is 0 Å². The predicted octanol–water partition coefficient (Wildman–Crippen LogP) is 1.60. The molecule has 1 aliphatic carbocycles. The van der Waals surface area contributed by atoms with Gasteiger partial charge in [0.25, 0.3) is 5.91 Å². The zero-order chi connectivity index (χ0) is 14.2. The average molecular weight is 291 g/mol. The third kappa shape index (κ3) is 2.36. The number of amides is 1. The SMILES string of the molecule is CC(O)(CNC(=O)c1n[nH]c2c1CCC2)c1ccsc1. The van der Waals surface area contributed by atoms with E-state index in [2.05, 4.69) is 15.5 Å². The van der Waals surface area contributed by atoms with Crippen LogP contribution in [0.2, 0.25) is 0 Å². The smallest absolute Gasteiger partial charge is 0.272 e. The molecule has 6 heteroatoms. The van der Waals surface area contributed by atoms with E-state index in [1.807, 2.05) is 16.8 Å². The number of rotatable bonds is 4. The van der Waals surface area contributed by atoms with Crippen LogP contribution in [0.15, 0.2) is 16.8 Å². The lowest BCUT2D eigenvalue weighted by Crippen LogP contribution is -2.38. The summed E-state index contributed by atoms with van der Waals surface area (Å²) in [7, 11) is 0. The van der Waals surface area contributed by atoms with Gasteiger partial charge < -0.3 is 10.4 Å². The van der Waals surface area contributed by atoms with E-state index in [1.165, 1.54) is 11.3 Å². The highest BCUT2D eigenvalue weighted by Gasteiger charge is 2.27. The van der Waals surface area contributed by atoms with Gasteiger partial charge in [-0.15, -0.1) is 0 Å². The molecule has 0 aromatic carbocycles. The molecule has 0 spiro atoms. The second-order valence-electron chi connectivity index (χ2n) is 5.35. The molecule has 1 aliphatic rings. The summed E-state index contributed by atoms with van der Waals surface area (Å²) < 4.78 is 0. The van der Waals surface area contributed by atoms with E-state index in [1.54, 1.807) is 6.92 Å². The molecule has 5 nitrogen and oxygen atoms in total. The third-order valence-corrected chi connectivity index (χ3v) is 4.44. The van der Waals surface area contributed by atoms with Gasteiger partial charge in [0, 0.05) is 11.3 Å². The number of hydrogen-bond donors (Lipinski definition) is 3. The Bertz CT molecular complexity index is 616. The molecule has 2 aromatic rings. The summed E-state index contributed by atoms with van der Waals surface area (Å²) >= 11 is 1.52. The van der Waals surface area contributed by atoms with Gasteiger partial charge in [-0.1, -0.05) is 0 Å². The van der Waals surface area contributed by atoms with E-state index >= 15 is 0 Å². The first-order valence-corrected chi connectivity index (χ1v) is 7.61. The summed E-state index contributed by atoms with van der Waals surface area (Å²) in [5.74, 6) is -0.222. The highest BCUT2D eigenvalue weighted by molar-refractivity contribution is 7.08. The molecule has 0 bridgehead atoms. The Balaban J connectivity index is 1.68. The van der Waals surface area contributed by atoms with Gasteiger partial charge in [-0.3, -0.25) is 9.89 Å². The van der Waals surface area contributed by atoms with Crippen molar-refractivity contribution in [3.05, 3.63) is 39.3 Å². The molecular weight excluding hydrogens is 274 g/mol. The molecular formula is C14H17N3O2S. The molecule has 0 radical (unpaired) electrons. The van der Waals surface area contributed by atoms with Crippen LogP contribution in [0.1, 0.15) is 40.7 Å². The van der Waals surface area contributed by atoms with Crippen molar-refractivity contribution < 1.29 is 9.90 Å². The molecule has 0 saturated carbocycles. The summed E-state index contributed by atoms with van der Waals surface area (Å²) in [5.41, 5.74) is 2.32. The van der Waals surface area contributed by atoms with Gasteiger partial charge in [0.15, 0.2) is 5.69 Å². The molecule has 1 unspecified atom stereocenters. The summed E-state index contributed by atoms with van der Waals surface area (Å²) in [6.45, 7) is 1.87. The zero-order valence-corrected chi connectivity index (χ0v) is 12.1. The van der Waals surface area contributed by atoms with Crippen LogP contribution in [0.4, 0.5) is 0 Å². The Labute approximate surface area is 121 Å². The van der Waals surface area contributed by atoms with Gasteiger partial charge in [-0.05, 0) is 48.6 Å². The Kier molecular flexibility index (Phi) is 3.35. The van der Waals surface area contributed by atoms with Gasteiger partial charge >= 0.3 is 0 Å². The Morgan fingerprint density at radius 2 is 2.45 bits per heavy atom. The van der Waals surface area contributed by atoms with E-state index < -0.39 is 5.60 Å². The molecule has 0 saturated heterocycles. The number of aromatic amines is 1. The van der Waals surface area contributed by atoms with E-state index in [0.717, 1.165) is 36.1 Å². The van der Waals surface area contributed by atoms with E-state index in [-0.39, 0.29) is 12.5 Å². The highest BCUT2D eigenvalue weighted by Crippen LogP contribution is 2.24. The molecule has 0 fully saturated rings. The fourth-order valence-corrected chi connectivity index (χ4v) is 3.30. The van der Waals surface area contributed by atoms with Gasteiger partial charge in [-0.2, -0.15) is 16.4 Å². The fourth-order valence-electron chi connectivity index (χ4n) is 2.52. The van der Waals surface area contributed by atoms with Gasteiger partial charge in [0.05, 0.1) is 6.54 Å². The number of carbonyl (C=O) groups is 1. The van der Waals surface area contributed by atoms with Crippen LogP contribution >= 0.6 is 11.3 Å². The second kappa shape index (κ2) is 5.03.